The molecule has 0 bridgehead atoms. The molecule has 0 aliphatic carbocycles. The summed E-state index contributed by atoms with van der Waals surface area (Å²) in [6.07, 6.45) is 8.04. The molecule has 5 nitrogen and oxygen atoms in total. The molecule has 1 fully saturated rings. The van der Waals surface area contributed by atoms with Gasteiger partial charge in [0.2, 0.25) is 0 Å². The van der Waals surface area contributed by atoms with Crippen molar-refractivity contribution in [3.63, 3.8) is 0 Å². The predicted molar refractivity (Wildman–Crippen MR) is 81.1 cm³/mol. The van der Waals surface area contributed by atoms with Crippen LogP contribution in [0, 0.1) is 0 Å². The summed E-state index contributed by atoms with van der Waals surface area (Å²) in [6, 6.07) is 0. The van der Waals surface area contributed by atoms with Crippen LogP contribution in [-0.2, 0) is 9.47 Å². The zero-order valence-corrected chi connectivity index (χ0v) is 13.0. The molecular formula is C16H30O5. The zero-order valence-electron chi connectivity index (χ0n) is 13.0. The second-order valence-electron chi connectivity index (χ2n) is 5.57. The van der Waals surface area contributed by atoms with Crippen molar-refractivity contribution in [1.29, 1.82) is 0 Å². The molecule has 1 rings (SSSR count). The molecule has 0 spiro atoms. The molecule has 0 saturated carbocycles. The maximum Gasteiger partial charge on any atom is 0.114 e. The van der Waals surface area contributed by atoms with E-state index in [1.807, 2.05) is 6.92 Å². The summed E-state index contributed by atoms with van der Waals surface area (Å²) in [4.78, 5) is 0. The van der Waals surface area contributed by atoms with Crippen molar-refractivity contribution in [2.75, 3.05) is 19.8 Å². The van der Waals surface area contributed by atoms with Crippen molar-refractivity contribution in [3.05, 3.63) is 12.2 Å². The number of rotatable bonds is 11. The molecule has 0 aromatic heterocycles. The van der Waals surface area contributed by atoms with Crippen LogP contribution in [0.1, 0.15) is 45.4 Å². The Labute approximate surface area is 127 Å². The van der Waals surface area contributed by atoms with Crippen LogP contribution in [0.5, 0.6) is 0 Å². The molecule has 1 aliphatic heterocycles. The third-order valence-electron chi connectivity index (χ3n) is 3.82. The first-order valence-corrected chi connectivity index (χ1v) is 8.02. The van der Waals surface area contributed by atoms with Crippen LogP contribution < -0.4 is 0 Å². The second kappa shape index (κ2) is 11.2. The highest BCUT2D eigenvalue weighted by atomic mass is 16.6. The normalized spacial score (nSPS) is 27.5. The number of hydrogen-bond donors (Lipinski definition) is 3. The van der Waals surface area contributed by atoms with E-state index in [-0.39, 0.29) is 13.2 Å². The van der Waals surface area contributed by atoms with Gasteiger partial charge >= 0.3 is 0 Å². The summed E-state index contributed by atoms with van der Waals surface area (Å²) in [5.74, 6) is 0. The van der Waals surface area contributed by atoms with Crippen LogP contribution in [0.2, 0.25) is 0 Å². The van der Waals surface area contributed by atoms with Crippen molar-refractivity contribution >= 4 is 0 Å². The molecule has 0 aromatic rings. The summed E-state index contributed by atoms with van der Waals surface area (Å²) >= 11 is 0. The Morgan fingerprint density at radius 3 is 2.52 bits per heavy atom. The molecule has 3 N–H and O–H groups in total. The van der Waals surface area contributed by atoms with Crippen molar-refractivity contribution in [2.45, 2.75) is 69.9 Å². The number of allylic oxidation sites excluding steroid dienone is 2. The van der Waals surface area contributed by atoms with Gasteiger partial charge in [0.15, 0.2) is 0 Å². The molecule has 5 heteroatoms. The Hall–Kier alpha value is -0.460. The minimum Gasteiger partial charge on any atom is -0.394 e. The summed E-state index contributed by atoms with van der Waals surface area (Å²) in [6.45, 7) is 2.47. The van der Waals surface area contributed by atoms with Crippen molar-refractivity contribution in [3.8, 4) is 0 Å². The molecule has 124 valence electrons. The van der Waals surface area contributed by atoms with Gasteiger partial charge in [-0.2, -0.15) is 0 Å². The highest BCUT2D eigenvalue weighted by Gasteiger charge is 2.40. The van der Waals surface area contributed by atoms with Gasteiger partial charge in [0.05, 0.1) is 13.2 Å². The summed E-state index contributed by atoms with van der Waals surface area (Å²) in [5, 5.41) is 28.5. The third kappa shape index (κ3) is 6.89. The fourth-order valence-corrected chi connectivity index (χ4v) is 2.50. The lowest BCUT2D eigenvalue weighted by Gasteiger charge is -2.24. The van der Waals surface area contributed by atoms with E-state index < -0.39 is 24.4 Å². The maximum atomic E-state index is 9.73. The minimum atomic E-state index is -0.978. The lowest BCUT2D eigenvalue weighted by molar-refractivity contribution is -0.101. The number of ether oxygens (including phenoxy) is 2. The lowest BCUT2D eigenvalue weighted by atomic mass is 10.1. The Kier molecular flexibility index (Phi) is 9.87. The van der Waals surface area contributed by atoms with Gasteiger partial charge in [-0.1, -0.05) is 31.4 Å². The van der Waals surface area contributed by atoms with Gasteiger partial charge in [0, 0.05) is 6.61 Å². The van der Waals surface area contributed by atoms with Gasteiger partial charge < -0.3 is 24.8 Å². The van der Waals surface area contributed by atoms with E-state index in [4.69, 9.17) is 9.47 Å². The fourth-order valence-electron chi connectivity index (χ4n) is 2.50. The van der Waals surface area contributed by atoms with Crippen molar-refractivity contribution < 1.29 is 24.8 Å². The van der Waals surface area contributed by atoms with Crippen LogP contribution in [0.15, 0.2) is 12.2 Å². The van der Waals surface area contributed by atoms with Crippen molar-refractivity contribution in [2.24, 2.45) is 0 Å². The molecule has 0 aromatic carbocycles. The third-order valence-corrected chi connectivity index (χ3v) is 3.82. The average Bonchev–Trinajstić information content (AvgIpc) is 2.82. The Morgan fingerprint density at radius 1 is 1.19 bits per heavy atom. The summed E-state index contributed by atoms with van der Waals surface area (Å²) in [7, 11) is 0. The predicted octanol–water partition coefficient (Wildman–Crippen LogP) is 1.40. The van der Waals surface area contributed by atoms with Gasteiger partial charge in [0.1, 0.15) is 24.4 Å². The molecule has 1 heterocycles. The van der Waals surface area contributed by atoms with E-state index in [1.165, 1.54) is 19.3 Å². The van der Waals surface area contributed by atoms with E-state index in [9.17, 15) is 15.3 Å². The Balaban J connectivity index is 2.05. The minimum absolute atomic E-state index is 0.0951. The molecule has 1 aliphatic rings. The van der Waals surface area contributed by atoms with Gasteiger partial charge in [-0.3, -0.25) is 0 Å². The van der Waals surface area contributed by atoms with E-state index in [0.29, 0.717) is 6.61 Å². The molecule has 1 saturated heterocycles. The Bertz CT molecular complexity index is 282. The number of hydrogen-bond acceptors (Lipinski definition) is 5. The van der Waals surface area contributed by atoms with Gasteiger partial charge in [-0.25, -0.2) is 0 Å². The smallest absolute Gasteiger partial charge is 0.114 e. The zero-order chi connectivity index (χ0) is 15.5. The number of unbranched alkanes of at least 4 members (excludes halogenated alkanes) is 5. The van der Waals surface area contributed by atoms with Crippen LogP contribution >= 0.6 is 0 Å². The maximum absolute atomic E-state index is 9.73. The van der Waals surface area contributed by atoms with Gasteiger partial charge in [0.25, 0.3) is 0 Å². The quantitative estimate of drug-likeness (QED) is 0.397. The van der Waals surface area contributed by atoms with Gasteiger partial charge in [-0.15, -0.1) is 0 Å². The van der Waals surface area contributed by atoms with E-state index >= 15 is 0 Å². The fraction of sp³-hybridized carbons (Fsp3) is 0.875. The molecule has 0 radical (unpaired) electrons. The van der Waals surface area contributed by atoms with Crippen LogP contribution in [-0.4, -0.2) is 59.6 Å². The first-order valence-electron chi connectivity index (χ1n) is 8.02. The molecule has 4 atom stereocenters. The Morgan fingerprint density at radius 2 is 1.90 bits per heavy atom. The van der Waals surface area contributed by atoms with Crippen LogP contribution in [0.3, 0.4) is 0 Å². The van der Waals surface area contributed by atoms with Gasteiger partial charge in [-0.05, 0) is 26.2 Å². The lowest BCUT2D eigenvalue weighted by Crippen LogP contribution is -2.42. The topological polar surface area (TPSA) is 79.2 Å². The van der Waals surface area contributed by atoms with E-state index in [0.717, 1.165) is 19.3 Å². The molecule has 21 heavy (non-hydrogen) atoms. The number of aliphatic hydroxyl groups excluding tert-OH is 3. The van der Waals surface area contributed by atoms with E-state index in [1.54, 1.807) is 0 Å². The highest BCUT2D eigenvalue weighted by molar-refractivity contribution is 4.88. The largest absolute Gasteiger partial charge is 0.394 e. The monoisotopic (exact) mass is 302 g/mol. The van der Waals surface area contributed by atoms with E-state index in [2.05, 4.69) is 12.2 Å². The van der Waals surface area contributed by atoms with Crippen molar-refractivity contribution in [1.82, 2.24) is 0 Å². The first-order chi connectivity index (χ1) is 10.2. The van der Waals surface area contributed by atoms with Crippen LogP contribution in [0.25, 0.3) is 0 Å². The summed E-state index contributed by atoms with van der Waals surface area (Å²) in [5.41, 5.74) is 0. The van der Waals surface area contributed by atoms with Crippen LogP contribution in [0.4, 0.5) is 0 Å². The molecule has 0 amide bonds. The number of aliphatic hydroxyl groups is 3. The first kappa shape index (κ1) is 18.6. The SMILES string of the molecule is C/C=C/CCCCCCCO[C@H](CO)[C@@H]1OC[C@H](O)[C@@H]1O. The highest BCUT2D eigenvalue weighted by Crippen LogP contribution is 2.19. The second-order valence-corrected chi connectivity index (χ2v) is 5.57. The molecular weight excluding hydrogens is 272 g/mol. The molecule has 0 unspecified atom stereocenters. The average molecular weight is 302 g/mol. The standard InChI is InChI=1S/C16H30O5/c1-2-3-4-5-6-7-8-9-10-20-14(11-17)16-15(19)13(18)12-21-16/h2-3,13-19H,4-12H2,1H3/b3-2+/t13-,14+,15-,16-/m0/s1. The summed E-state index contributed by atoms with van der Waals surface area (Å²) < 4.78 is 10.9.